The first-order valence-corrected chi connectivity index (χ1v) is 6.34. The average molecular weight is 253 g/mol. The van der Waals surface area contributed by atoms with Gasteiger partial charge in [0.25, 0.3) is 0 Å². The van der Waals surface area contributed by atoms with Gasteiger partial charge in [0.1, 0.15) is 0 Å². The predicted molar refractivity (Wildman–Crippen MR) is 70.4 cm³/mol. The number of rotatable bonds is 2. The summed E-state index contributed by atoms with van der Waals surface area (Å²) in [6, 6.07) is 7.28. The minimum absolute atomic E-state index is 0.133. The SMILES string of the molecule is CC1CCC(NC(=O)Nc2ccc(Cl)cc2)C1. The van der Waals surface area contributed by atoms with Gasteiger partial charge in [-0.1, -0.05) is 18.5 Å². The standard InChI is InChI=1S/C13H17ClN2O/c1-9-2-5-12(8-9)16-13(17)15-11-6-3-10(14)4-7-11/h3-4,6-7,9,12H,2,5,8H2,1H3,(H2,15,16,17). The molecule has 2 unspecified atom stereocenters. The van der Waals surface area contributed by atoms with E-state index in [-0.39, 0.29) is 6.03 Å². The van der Waals surface area contributed by atoms with Crippen molar-refractivity contribution in [1.82, 2.24) is 5.32 Å². The molecule has 0 radical (unpaired) electrons. The van der Waals surface area contributed by atoms with E-state index in [2.05, 4.69) is 17.6 Å². The fraction of sp³-hybridized carbons (Fsp3) is 0.462. The average Bonchev–Trinajstić information content (AvgIpc) is 2.67. The van der Waals surface area contributed by atoms with Gasteiger partial charge in [0, 0.05) is 16.8 Å². The van der Waals surface area contributed by atoms with Crippen LogP contribution in [0, 0.1) is 5.92 Å². The molecule has 2 rings (SSSR count). The van der Waals surface area contributed by atoms with Gasteiger partial charge in [0.2, 0.25) is 0 Å². The van der Waals surface area contributed by atoms with Gasteiger partial charge < -0.3 is 10.6 Å². The van der Waals surface area contributed by atoms with E-state index >= 15 is 0 Å². The molecule has 2 atom stereocenters. The van der Waals surface area contributed by atoms with E-state index in [0.717, 1.165) is 24.4 Å². The number of hydrogen-bond donors (Lipinski definition) is 2. The Morgan fingerprint density at radius 1 is 1.29 bits per heavy atom. The van der Waals surface area contributed by atoms with Crippen LogP contribution in [0.4, 0.5) is 10.5 Å². The van der Waals surface area contributed by atoms with Crippen molar-refractivity contribution in [2.24, 2.45) is 5.92 Å². The molecule has 0 bridgehead atoms. The fourth-order valence-electron chi connectivity index (χ4n) is 2.22. The maximum absolute atomic E-state index is 11.7. The Morgan fingerprint density at radius 3 is 2.59 bits per heavy atom. The number of benzene rings is 1. The van der Waals surface area contributed by atoms with Gasteiger partial charge in [-0.2, -0.15) is 0 Å². The van der Waals surface area contributed by atoms with Crippen molar-refractivity contribution in [2.75, 3.05) is 5.32 Å². The second kappa shape index (κ2) is 5.41. The second-order valence-electron chi connectivity index (χ2n) is 4.72. The number of amides is 2. The Bertz CT molecular complexity index is 391. The zero-order chi connectivity index (χ0) is 12.3. The maximum Gasteiger partial charge on any atom is 0.319 e. The highest BCUT2D eigenvalue weighted by atomic mass is 35.5. The number of hydrogen-bond acceptors (Lipinski definition) is 1. The van der Waals surface area contributed by atoms with Gasteiger partial charge in [0.05, 0.1) is 0 Å². The van der Waals surface area contributed by atoms with Crippen molar-refractivity contribution in [3.8, 4) is 0 Å². The van der Waals surface area contributed by atoms with Crippen molar-refractivity contribution in [1.29, 1.82) is 0 Å². The first-order chi connectivity index (χ1) is 8.13. The van der Waals surface area contributed by atoms with Crippen molar-refractivity contribution in [2.45, 2.75) is 32.2 Å². The molecule has 1 fully saturated rings. The van der Waals surface area contributed by atoms with Crippen LogP contribution < -0.4 is 10.6 Å². The van der Waals surface area contributed by atoms with Crippen LogP contribution in [0.1, 0.15) is 26.2 Å². The molecule has 2 N–H and O–H groups in total. The largest absolute Gasteiger partial charge is 0.335 e. The third-order valence-electron chi connectivity index (χ3n) is 3.13. The predicted octanol–water partition coefficient (Wildman–Crippen LogP) is 3.65. The van der Waals surface area contributed by atoms with Gasteiger partial charge in [-0.3, -0.25) is 0 Å². The van der Waals surface area contributed by atoms with Gasteiger partial charge in [-0.05, 0) is 49.4 Å². The Kier molecular flexibility index (Phi) is 3.89. The summed E-state index contributed by atoms with van der Waals surface area (Å²) in [7, 11) is 0. The monoisotopic (exact) mass is 252 g/mol. The van der Waals surface area contributed by atoms with Gasteiger partial charge in [0.15, 0.2) is 0 Å². The molecule has 0 saturated heterocycles. The van der Waals surface area contributed by atoms with E-state index in [1.165, 1.54) is 6.42 Å². The van der Waals surface area contributed by atoms with Gasteiger partial charge >= 0.3 is 6.03 Å². The fourth-order valence-corrected chi connectivity index (χ4v) is 2.35. The van der Waals surface area contributed by atoms with Crippen LogP contribution in [-0.2, 0) is 0 Å². The van der Waals surface area contributed by atoms with E-state index in [1.54, 1.807) is 24.3 Å². The summed E-state index contributed by atoms with van der Waals surface area (Å²) in [5, 5.41) is 6.46. The van der Waals surface area contributed by atoms with Crippen molar-refractivity contribution in [3.05, 3.63) is 29.3 Å². The number of carbonyl (C=O) groups excluding carboxylic acids is 1. The summed E-state index contributed by atoms with van der Waals surface area (Å²) < 4.78 is 0. The summed E-state index contributed by atoms with van der Waals surface area (Å²) in [6.07, 6.45) is 3.36. The number of halogens is 1. The smallest absolute Gasteiger partial charge is 0.319 e. The molecule has 1 aliphatic rings. The van der Waals surface area contributed by atoms with Crippen LogP contribution in [0.5, 0.6) is 0 Å². The molecule has 1 aromatic rings. The molecular formula is C13H17ClN2O. The molecule has 0 heterocycles. The molecule has 0 spiro atoms. The lowest BCUT2D eigenvalue weighted by molar-refractivity contribution is 0.248. The van der Waals surface area contributed by atoms with Crippen molar-refractivity contribution >= 4 is 23.3 Å². The Labute approximate surface area is 107 Å². The Balaban J connectivity index is 1.83. The Hall–Kier alpha value is -1.22. The summed E-state index contributed by atoms with van der Waals surface area (Å²) >= 11 is 5.77. The van der Waals surface area contributed by atoms with Crippen LogP contribution in [-0.4, -0.2) is 12.1 Å². The summed E-state index contributed by atoms with van der Waals surface area (Å²) in [5.41, 5.74) is 0.762. The first kappa shape index (κ1) is 12.2. The zero-order valence-electron chi connectivity index (χ0n) is 9.87. The van der Waals surface area contributed by atoms with Crippen LogP contribution in [0.25, 0.3) is 0 Å². The highest BCUT2D eigenvalue weighted by Gasteiger charge is 2.22. The zero-order valence-corrected chi connectivity index (χ0v) is 10.6. The third kappa shape index (κ3) is 3.63. The van der Waals surface area contributed by atoms with E-state index in [0.29, 0.717) is 11.1 Å². The lowest BCUT2D eigenvalue weighted by Gasteiger charge is -2.13. The minimum atomic E-state index is -0.133. The highest BCUT2D eigenvalue weighted by Crippen LogP contribution is 2.24. The molecule has 0 aliphatic heterocycles. The molecule has 0 aromatic heterocycles. The quantitative estimate of drug-likeness (QED) is 0.829. The van der Waals surface area contributed by atoms with E-state index in [1.807, 2.05) is 0 Å². The van der Waals surface area contributed by atoms with Crippen LogP contribution in [0.3, 0.4) is 0 Å². The third-order valence-corrected chi connectivity index (χ3v) is 3.38. The molecule has 1 saturated carbocycles. The molecule has 1 aliphatic carbocycles. The number of anilines is 1. The highest BCUT2D eigenvalue weighted by molar-refractivity contribution is 6.30. The van der Waals surface area contributed by atoms with Crippen molar-refractivity contribution in [3.63, 3.8) is 0 Å². The normalized spacial score (nSPS) is 23.4. The lowest BCUT2D eigenvalue weighted by atomic mass is 10.1. The molecule has 4 heteroatoms. The molecule has 17 heavy (non-hydrogen) atoms. The molecule has 1 aromatic carbocycles. The molecular weight excluding hydrogens is 236 g/mol. The Morgan fingerprint density at radius 2 is 2.00 bits per heavy atom. The van der Waals surface area contributed by atoms with E-state index in [9.17, 15) is 4.79 Å². The van der Waals surface area contributed by atoms with Crippen LogP contribution in [0.15, 0.2) is 24.3 Å². The van der Waals surface area contributed by atoms with E-state index < -0.39 is 0 Å². The van der Waals surface area contributed by atoms with E-state index in [4.69, 9.17) is 11.6 Å². The van der Waals surface area contributed by atoms with Gasteiger partial charge in [-0.25, -0.2) is 4.79 Å². The lowest BCUT2D eigenvalue weighted by Crippen LogP contribution is -2.36. The number of urea groups is 1. The van der Waals surface area contributed by atoms with Gasteiger partial charge in [-0.15, -0.1) is 0 Å². The van der Waals surface area contributed by atoms with Crippen molar-refractivity contribution < 1.29 is 4.79 Å². The summed E-state index contributed by atoms with van der Waals surface area (Å²) in [4.78, 5) is 11.7. The maximum atomic E-state index is 11.7. The van der Waals surface area contributed by atoms with Crippen LogP contribution in [0.2, 0.25) is 5.02 Å². The van der Waals surface area contributed by atoms with Crippen LogP contribution >= 0.6 is 11.6 Å². The molecule has 2 amide bonds. The second-order valence-corrected chi connectivity index (χ2v) is 5.16. The summed E-state index contributed by atoms with van der Waals surface area (Å²) in [6.45, 7) is 2.22. The molecule has 92 valence electrons. The topological polar surface area (TPSA) is 41.1 Å². The number of nitrogens with one attached hydrogen (secondary N) is 2. The number of carbonyl (C=O) groups is 1. The minimum Gasteiger partial charge on any atom is -0.335 e. The first-order valence-electron chi connectivity index (χ1n) is 5.96. The summed E-state index contributed by atoms with van der Waals surface area (Å²) in [5.74, 6) is 0.718. The molecule has 3 nitrogen and oxygen atoms in total.